The summed E-state index contributed by atoms with van der Waals surface area (Å²) in [5, 5.41) is 7.51. The first-order chi connectivity index (χ1) is 12.3. The Morgan fingerprint density at radius 2 is 1.96 bits per heavy atom. The molecule has 0 aromatic carbocycles. The zero-order valence-electron chi connectivity index (χ0n) is 16.5. The van der Waals surface area contributed by atoms with Crippen molar-refractivity contribution in [3.8, 4) is 0 Å². The van der Waals surface area contributed by atoms with E-state index < -0.39 is 0 Å². The summed E-state index contributed by atoms with van der Waals surface area (Å²) in [5.41, 5.74) is 1.00. The number of aliphatic imine (C=N–C) groups is 1. The molecular formula is C18H35IN6O. The zero-order chi connectivity index (χ0) is 17.9. The molecule has 1 saturated heterocycles. The SMILES string of the molecule is CCN(CC)CCCCNC(=NC)N1CCN(Cc2ccon2)CC1.I. The molecule has 0 bridgehead atoms. The number of hydrogen-bond donors (Lipinski definition) is 1. The third kappa shape index (κ3) is 7.79. The summed E-state index contributed by atoms with van der Waals surface area (Å²) >= 11 is 0. The molecular weight excluding hydrogens is 443 g/mol. The first-order valence-electron chi connectivity index (χ1n) is 9.56. The van der Waals surface area contributed by atoms with Crippen molar-refractivity contribution in [2.24, 2.45) is 4.99 Å². The lowest BCUT2D eigenvalue weighted by Crippen LogP contribution is -2.52. The van der Waals surface area contributed by atoms with Gasteiger partial charge in [0.2, 0.25) is 0 Å². The second-order valence-electron chi connectivity index (χ2n) is 6.46. The Hall–Kier alpha value is -0.870. The lowest BCUT2D eigenvalue weighted by atomic mass is 10.2. The van der Waals surface area contributed by atoms with Crippen molar-refractivity contribution < 1.29 is 4.52 Å². The number of hydrogen-bond acceptors (Lipinski definition) is 5. The van der Waals surface area contributed by atoms with E-state index in [1.807, 2.05) is 13.1 Å². The lowest BCUT2D eigenvalue weighted by Gasteiger charge is -2.36. The van der Waals surface area contributed by atoms with E-state index in [0.29, 0.717) is 0 Å². The average Bonchev–Trinajstić information content (AvgIpc) is 3.15. The highest BCUT2D eigenvalue weighted by atomic mass is 127. The standard InChI is InChI=1S/C18H34N6O.HI/c1-4-22(5-2)10-7-6-9-20-18(19-3)24-13-11-23(12-14-24)16-17-8-15-25-21-17;/h8,15H,4-7,9-14,16H2,1-3H3,(H,19,20);1H. The number of unbranched alkanes of at least 4 members (excludes halogenated alkanes) is 1. The quantitative estimate of drug-likeness (QED) is 0.254. The van der Waals surface area contributed by atoms with E-state index in [0.717, 1.165) is 64.0 Å². The minimum atomic E-state index is 0. The summed E-state index contributed by atoms with van der Waals surface area (Å²) in [7, 11) is 1.88. The molecule has 1 aromatic rings. The molecule has 0 unspecified atom stereocenters. The van der Waals surface area contributed by atoms with Crippen LogP contribution >= 0.6 is 24.0 Å². The van der Waals surface area contributed by atoms with E-state index in [2.05, 4.69) is 44.0 Å². The minimum Gasteiger partial charge on any atom is -0.364 e. The molecule has 2 heterocycles. The van der Waals surface area contributed by atoms with Crippen LogP contribution < -0.4 is 5.32 Å². The van der Waals surface area contributed by atoms with Crippen LogP contribution in [-0.2, 0) is 6.54 Å². The molecule has 1 N–H and O–H groups in total. The van der Waals surface area contributed by atoms with Gasteiger partial charge < -0.3 is 19.6 Å². The number of guanidine groups is 1. The van der Waals surface area contributed by atoms with E-state index >= 15 is 0 Å². The highest BCUT2D eigenvalue weighted by Gasteiger charge is 2.20. The fraction of sp³-hybridized carbons (Fsp3) is 0.778. The first-order valence-corrected chi connectivity index (χ1v) is 9.56. The Bertz CT molecular complexity index is 484. The van der Waals surface area contributed by atoms with Crippen LogP contribution in [0.4, 0.5) is 0 Å². The summed E-state index contributed by atoms with van der Waals surface area (Å²) in [4.78, 5) is 11.7. The van der Waals surface area contributed by atoms with Gasteiger partial charge in [0.1, 0.15) is 6.26 Å². The van der Waals surface area contributed by atoms with Crippen molar-refractivity contribution in [2.45, 2.75) is 33.2 Å². The molecule has 1 aliphatic rings. The van der Waals surface area contributed by atoms with Gasteiger partial charge >= 0.3 is 0 Å². The molecule has 0 atom stereocenters. The molecule has 7 nitrogen and oxygen atoms in total. The zero-order valence-corrected chi connectivity index (χ0v) is 18.8. The van der Waals surface area contributed by atoms with E-state index in [1.54, 1.807) is 6.26 Å². The largest absolute Gasteiger partial charge is 0.364 e. The summed E-state index contributed by atoms with van der Waals surface area (Å²) in [5.74, 6) is 1.03. The topological polar surface area (TPSA) is 60.1 Å². The molecule has 150 valence electrons. The Kier molecular flexibility index (Phi) is 11.9. The highest BCUT2D eigenvalue weighted by Crippen LogP contribution is 2.07. The van der Waals surface area contributed by atoms with Gasteiger partial charge in [0, 0.05) is 52.4 Å². The third-order valence-electron chi connectivity index (χ3n) is 4.84. The second-order valence-corrected chi connectivity index (χ2v) is 6.46. The van der Waals surface area contributed by atoms with Gasteiger partial charge in [-0.25, -0.2) is 0 Å². The van der Waals surface area contributed by atoms with E-state index in [9.17, 15) is 0 Å². The summed E-state index contributed by atoms with van der Waals surface area (Å²) in [6.07, 6.45) is 4.05. The summed E-state index contributed by atoms with van der Waals surface area (Å²) in [6, 6.07) is 1.94. The van der Waals surface area contributed by atoms with Crippen molar-refractivity contribution in [2.75, 3.05) is 59.4 Å². The normalized spacial score (nSPS) is 16.0. The van der Waals surface area contributed by atoms with Gasteiger partial charge in [0.15, 0.2) is 5.96 Å². The molecule has 0 spiro atoms. The van der Waals surface area contributed by atoms with Crippen molar-refractivity contribution >= 4 is 29.9 Å². The van der Waals surface area contributed by atoms with Gasteiger partial charge in [-0.3, -0.25) is 9.89 Å². The van der Waals surface area contributed by atoms with Gasteiger partial charge in [-0.05, 0) is 32.5 Å². The molecule has 1 fully saturated rings. The van der Waals surface area contributed by atoms with Crippen molar-refractivity contribution in [3.05, 3.63) is 18.0 Å². The van der Waals surface area contributed by atoms with Gasteiger partial charge in [-0.1, -0.05) is 19.0 Å². The number of nitrogens with one attached hydrogen (secondary N) is 1. The summed E-state index contributed by atoms with van der Waals surface area (Å²) in [6.45, 7) is 13.8. The molecule has 0 saturated carbocycles. The van der Waals surface area contributed by atoms with Gasteiger partial charge in [0.05, 0.1) is 5.69 Å². The van der Waals surface area contributed by atoms with Crippen LogP contribution in [0.1, 0.15) is 32.4 Å². The minimum absolute atomic E-state index is 0. The average molecular weight is 478 g/mol. The molecule has 26 heavy (non-hydrogen) atoms. The van der Waals surface area contributed by atoms with Crippen LogP contribution in [0.5, 0.6) is 0 Å². The molecule has 0 amide bonds. The predicted octanol–water partition coefficient (Wildman–Crippen LogP) is 2.11. The highest BCUT2D eigenvalue weighted by molar-refractivity contribution is 14.0. The van der Waals surface area contributed by atoms with Gasteiger partial charge in [-0.2, -0.15) is 0 Å². The van der Waals surface area contributed by atoms with E-state index in [1.165, 1.54) is 19.4 Å². The molecule has 8 heteroatoms. The summed E-state index contributed by atoms with van der Waals surface area (Å²) < 4.78 is 4.91. The fourth-order valence-electron chi connectivity index (χ4n) is 3.20. The Labute approximate surface area is 175 Å². The van der Waals surface area contributed by atoms with E-state index in [-0.39, 0.29) is 24.0 Å². The molecule has 0 aliphatic carbocycles. The van der Waals surface area contributed by atoms with Crippen LogP contribution in [0.3, 0.4) is 0 Å². The Morgan fingerprint density at radius 3 is 2.54 bits per heavy atom. The first kappa shape index (κ1) is 23.2. The number of rotatable bonds is 9. The van der Waals surface area contributed by atoms with Crippen LogP contribution in [0.15, 0.2) is 21.8 Å². The van der Waals surface area contributed by atoms with Crippen LogP contribution in [0.25, 0.3) is 0 Å². The number of halogens is 1. The molecule has 1 aliphatic heterocycles. The van der Waals surface area contributed by atoms with Gasteiger partial charge in [0.25, 0.3) is 0 Å². The van der Waals surface area contributed by atoms with E-state index in [4.69, 9.17) is 4.52 Å². The number of piperazine rings is 1. The maximum atomic E-state index is 4.91. The maximum absolute atomic E-state index is 4.91. The fourth-order valence-corrected chi connectivity index (χ4v) is 3.20. The van der Waals surface area contributed by atoms with Crippen LogP contribution in [0.2, 0.25) is 0 Å². The Morgan fingerprint density at radius 1 is 1.23 bits per heavy atom. The van der Waals surface area contributed by atoms with Crippen LogP contribution in [-0.4, -0.2) is 85.2 Å². The molecule has 1 aromatic heterocycles. The van der Waals surface area contributed by atoms with Crippen molar-refractivity contribution in [1.82, 2.24) is 25.2 Å². The number of nitrogens with zero attached hydrogens (tertiary/aromatic N) is 5. The third-order valence-corrected chi connectivity index (χ3v) is 4.84. The lowest BCUT2D eigenvalue weighted by molar-refractivity contribution is 0.169. The maximum Gasteiger partial charge on any atom is 0.193 e. The van der Waals surface area contributed by atoms with Crippen LogP contribution in [0, 0.1) is 0 Å². The predicted molar refractivity (Wildman–Crippen MR) is 117 cm³/mol. The molecule has 0 radical (unpaired) electrons. The smallest absolute Gasteiger partial charge is 0.193 e. The monoisotopic (exact) mass is 478 g/mol. The molecule has 2 rings (SSSR count). The van der Waals surface area contributed by atoms with Crippen molar-refractivity contribution in [1.29, 1.82) is 0 Å². The Balaban J connectivity index is 0.00000338. The number of aromatic nitrogens is 1. The van der Waals surface area contributed by atoms with Crippen molar-refractivity contribution in [3.63, 3.8) is 0 Å². The second kappa shape index (κ2) is 13.3. The van der Waals surface area contributed by atoms with Gasteiger partial charge in [-0.15, -0.1) is 24.0 Å².